The molecule has 0 spiro atoms. The van der Waals surface area contributed by atoms with Crippen LogP contribution in [-0.4, -0.2) is 55.0 Å². The average molecular weight is 340 g/mol. The number of aliphatic hydroxyl groups is 1. The Kier molecular flexibility index (Phi) is 4.76. The minimum atomic E-state index is -0.494. The van der Waals surface area contributed by atoms with E-state index in [1.807, 2.05) is 36.4 Å². The number of aliphatic hydroxyl groups excluding tert-OH is 1. The van der Waals surface area contributed by atoms with Gasteiger partial charge in [0.25, 0.3) is 0 Å². The Morgan fingerprint density at radius 2 is 1.96 bits per heavy atom. The van der Waals surface area contributed by atoms with Gasteiger partial charge in [-0.05, 0) is 30.7 Å². The van der Waals surface area contributed by atoms with Crippen LogP contribution in [-0.2, 0) is 6.42 Å². The number of benzene rings is 2. The number of hydrogen-bond donors (Lipinski definition) is 2. The van der Waals surface area contributed by atoms with Gasteiger partial charge >= 0.3 is 0 Å². The first-order valence-electron chi connectivity index (χ1n) is 8.88. The number of fused-ring (bicyclic) bond motifs is 1. The first kappa shape index (κ1) is 16.2. The number of likely N-dealkylation sites (tertiary alicyclic amines) is 1. The SMILES string of the molecule is O[C@@H](COc1ccccc1)CN1CC(Oc2cccc3c2CCN3)C1. The average Bonchev–Trinajstić information content (AvgIpc) is 3.08. The molecule has 25 heavy (non-hydrogen) atoms. The zero-order valence-electron chi connectivity index (χ0n) is 14.2. The summed E-state index contributed by atoms with van der Waals surface area (Å²) in [4.78, 5) is 2.20. The van der Waals surface area contributed by atoms with Crippen molar-refractivity contribution in [1.29, 1.82) is 0 Å². The minimum absolute atomic E-state index is 0.203. The van der Waals surface area contributed by atoms with Gasteiger partial charge in [-0.25, -0.2) is 0 Å². The Morgan fingerprint density at radius 1 is 1.12 bits per heavy atom. The van der Waals surface area contributed by atoms with Crippen molar-refractivity contribution >= 4 is 5.69 Å². The van der Waals surface area contributed by atoms with E-state index in [4.69, 9.17) is 9.47 Å². The van der Waals surface area contributed by atoms with Crippen molar-refractivity contribution in [3.8, 4) is 11.5 Å². The molecule has 2 N–H and O–H groups in total. The van der Waals surface area contributed by atoms with Gasteiger partial charge in [-0.1, -0.05) is 24.3 Å². The second kappa shape index (κ2) is 7.33. The van der Waals surface area contributed by atoms with Crippen LogP contribution in [0.2, 0.25) is 0 Å². The largest absolute Gasteiger partial charge is 0.491 e. The number of rotatable bonds is 7. The van der Waals surface area contributed by atoms with E-state index in [2.05, 4.69) is 22.3 Å². The summed E-state index contributed by atoms with van der Waals surface area (Å²) >= 11 is 0. The van der Waals surface area contributed by atoms with Gasteiger partial charge in [0, 0.05) is 37.4 Å². The standard InChI is InChI=1S/C20H24N2O3/c23-15(14-24-16-5-2-1-3-6-16)11-22-12-17(13-22)25-20-8-4-7-19-18(20)9-10-21-19/h1-8,15,17,21,23H,9-14H2/t15-/m1/s1. The molecular weight excluding hydrogens is 316 g/mol. The Morgan fingerprint density at radius 3 is 2.80 bits per heavy atom. The van der Waals surface area contributed by atoms with Crippen molar-refractivity contribution in [1.82, 2.24) is 4.90 Å². The third-order valence-corrected chi connectivity index (χ3v) is 4.70. The number of hydrogen-bond acceptors (Lipinski definition) is 5. The fraction of sp³-hybridized carbons (Fsp3) is 0.400. The van der Waals surface area contributed by atoms with E-state index >= 15 is 0 Å². The van der Waals surface area contributed by atoms with Crippen molar-refractivity contribution in [2.75, 3.05) is 38.1 Å². The topological polar surface area (TPSA) is 54.0 Å². The monoisotopic (exact) mass is 340 g/mol. The highest BCUT2D eigenvalue weighted by Crippen LogP contribution is 2.32. The molecule has 1 fully saturated rings. The van der Waals surface area contributed by atoms with E-state index in [1.165, 1.54) is 11.3 Å². The van der Waals surface area contributed by atoms with Gasteiger partial charge in [-0.3, -0.25) is 4.90 Å². The summed E-state index contributed by atoms with van der Waals surface area (Å²) < 4.78 is 11.7. The molecule has 2 aromatic carbocycles. The third-order valence-electron chi connectivity index (χ3n) is 4.70. The van der Waals surface area contributed by atoms with Crippen LogP contribution in [0.3, 0.4) is 0 Å². The molecule has 2 aliphatic heterocycles. The third kappa shape index (κ3) is 3.89. The molecule has 1 saturated heterocycles. The lowest BCUT2D eigenvalue weighted by Crippen LogP contribution is -2.56. The Hall–Kier alpha value is -2.24. The second-order valence-electron chi connectivity index (χ2n) is 6.70. The first-order valence-corrected chi connectivity index (χ1v) is 8.88. The van der Waals surface area contributed by atoms with Crippen molar-refractivity contribution in [3.05, 3.63) is 54.1 Å². The molecule has 1 atom stereocenters. The Labute approximate surface area is 148 Å². The normalized spacial score (nSPS) is 18.1. The fourth-order valence-corrected chi connectivity index (χ4v) is 3.41. The number of β-amino-alcohol motifs (C(OH)–C–C–N with tert-alkyl or cyclic N) is 1. The molecule has 0 aliphatic carbocycles. The van der Waals surface area contributed by atoms with Gasteiger partial charge in [-0.2, -0.15) is 0 Å². The molecule has 132 valence electrons. The minimum Gasteiger partial charge on any atom is -0.491 e. The summed E-state index contributed by atoms with van der Waals surface area (Å²) in [6.45, 7) is 3.60. The maximum absolute atomic E-state index is 10.1. The highest BCUT2D eigenvalue weighted by atomic mass is 16.5. The quantitative estimate of drug-likeness (QED) is 0.809. The maximum atomic E-state index is 10.1. The van der Waals surface area contributed by atoms with Gasteiger partial charge in [0.1, 0.15) is 30.3 Å². The molecule has 0 unspecified atom stereocenters. The van der Waals surface area contributed by atoms with Crippen molar-refractivity contribution < 1.29 is 14.6 Å². The summed E-state index contributed by atoms with van der Waals surface area (Å²) in [7, 11) is 0. The highest BCUT2D eigenvalue weighted by Gasteiger charge is 2.31. The van der Waals surface area contributed by atoms with Crippen LogP contribution in [0.5, 0.6) is 11.5 Å². The van der Waals surface area contributed by atoms with Crippen LogP contribution in [0.1, 0.15) is 5.56 Å². The Balaban J connectivity index is 1.20. The predicted octanol–water partition coefficient (Wildman–Crippen LogP) is 2.16. The number of nitrogens with one attached hydrogen (secondary N) is 1. The zero-order chi connectivity index (χ0) is 17.1. The second-order valence-corrected chi connectivity index (χ2v) is 6.70. The smallest absolute Gasteiger partial charge is 0.125 e. The highest BCUT2D eigenvalue weighted by molar-refractivity contribution is 5.61. The summed E-state index contributed by atoms with van der Waals surface area (Å²) in [5.41, 5.74) is 2.49. The lowest BCUT2D eigenvalue weighted by atomic mass is 10.1. The van der Waals surface area contributed by atoms with Gasteiger partial charge in [-0.15, -0.1) is 0 Å². The molecule has 0 bridgehead atoms. The van der Waals surface area contributed by atoms with E-state index in [-0.39, 0.29) is 6.10 Å². The van der Waals surface area contributed by atoms with E-state index < -0.39 is 6.10 Å². The van der Waals surface area contributed by atoms with Gasteiger partial charge in [0.2, 0.25) is 0 Å². The molecule has 2 aliphatic rings. The maximum Gasteiger partial charge on any atom is 0.125 e. The van der Waals surface area contributed by atoms with E-state index in [0.717, 1.165) is 37.6 Å². The van der Waals surface area contributed by atoms with E-state index in [0.29, 0.717) is 13.2 Å². The van der Waals surface area contributed by atoms with Crippen LogP contribution >= 0.6 is 0 Å². The number of anilines is 1. The van der Waals surface area contributed by atoms with Crippen LogP contribution in [0.25, 0.3) is 0 Å². The van der Waals surface area contributed by atoms with Gasteiger partial charge in [0.15, 0.2) is 0 Å². The molecular formula is C20H24N2O3. The van der Waals surface area contributed by atoms with Crippen molar-refractivity contribution in [2.24, 2.45) is 0 Å². The predicted molar refractivity (Wildman–Crippen MR) is 97.4 cm³/mol. The Bertz CT molecular complexity index is 701. The first-order chi connectivity index (χ1) is 12.3. The lowest BCUT2D eigenvalue weighted by Gasteiger charge is -2.40. The van der Waals surface area contributed by atoms with Crippen LogP contribution in [0.15, 0.2) is 48.5 Å². The number of para-hydroxylation sites is 1. The van der Waals surface area contributed by atoms with Crippen molar-refractivity contribution in [2.45, 2.75) is 18.6 Å². The van der Waals surface area contributed by atoms with Gasteiger partial charge < -0.3 is 19.9 Å². The number of ether oxygens (including phenoxy) is 2. The van der Waals surface area contributed by atoms with Gasteiger partial charge in [0.05, 0.1) is 0 Å². The molecule has 0 aromatic heterocycles. The van der Waals surface area contributed by atoms with Crippen LogP contribution in [0, 0.1) is 0 Å². The molecule has 4 rings (SSSR count). The van der Waals surface area contributed by atoms with Crippen molar-refractivity contribution in [3.63, 3.8) is 0 Å². The fourth-order valence-electron chi connectivity index (χ4n) is 3.41. The van der Waals surface area contributed by atoms with E-state index in [9.17, 15) is 5.11 Å². The zero-order valence-corrected chi connectivity index (χ0v) is 14.2. The molecule has 0 saturated carbocycles. The van der Waals surface area contributed by atoms with Crippen LogP contribution < -0.4 is 14.8 Å². The molecule has 2 heterocycles. The van der Waals surface area contributed by atoms with E-state index in [1.54, 1.807) is 0 Å². The van der Waals surface area contributed by atoms with Crippen LogP contribution in [0.4, 0.5) is 5.69 Å². The molecule has 0 radical (unpaired) electrons. The molecule has 2 aromatic rings. The summed E-state index contributed by atoms with van der Waals surface area (Å²) in [5, 5.41) is 13.5. The summed E-state index contributed by atoms with van der Waals surface area (Å²) in [5.74, 6) is 1.79. The molecule has 5 heteroatoms. The lowest BCUT2D eigenvalue weighted by molar-refractivity contribution is -0.0177. The molecule has 5 nitrogen and oxygen atoms in total. The summed E-state index contributed by atoms with van der Waals surface area (Å²) in [6, 6.07) is 15.8. The summed E-state index contributed by atoms with van der Waals surface area (Å²) in [6.07, 6.45) is 0.734. The number of nitrogens with zero attached hydrogens (tertiary/aromatic N) is 1. The molecule has 0 amide bonds.